The number of anilines is 1. The van der Waals surface area contributed by atoms with Crippen molar-refractivity contribution in [3.8, 4) is 0 Å². The third kappa shape index (κ3) is 2.55. The molecule has 106 valence electrons. The van der Waals surface area contributed by atoms with E-state index in [9.17, 15) is 9.18 Å². The molecule has 6 heteroatoms. The summed E-state index contributed by atoms with van der Waals surface area (Å²) in [5, 5.41) is 4.16. The molecular formula is C15H13FN4O. The molecule has 0 radical (unpaired) electrons. The van der Waals surface area contributed by atoms with Crippen LogP contribution in [0.1, 0.15) is 15.9 Å². The zero-order valence-corrected chi connectivity index (χ0v) is 11.1. The maximum atomic E-state index is 13.4. The Labute approximate surface area is 120 Å². The lowest BCUT2D eigenvalue weighted by molar-refractivity contribution is 0.0996. The average molecular weight is 284 g/mol. The van der Waals surface area contributed by atoms with Gasteiger partial charge in [0.05, 0.1) is 5.56 Å². The van der Waals surface area contributed by atoms with E-state index in [1.165, 1.54) is 12.1 Å². The van der Waals surface area contributed by atoms with Gasteiger partial charge in [-0.25, -0.2) is 9.37 Å². The SMILES string of the molecule is NC(=O)c1cc(NCc2c[nH]c3ncccc23)ccc1F. The Balaban J connectivity index is 1.82. The summed E-state index contributed by atoms with van der Waals surface area (Å²) in [6.45, 7) is 0.523. The largest absolute Gasteiger partial charge is 0.381 e. The number of aromatic amines is 1. The van der Waals surface area contributed by atoms with E-state index in [1.807, 2.05) is 18.3 Å². The van der Waals surface area contributed by atoms with Gasteiger partial charge in [0.15, 0.2) is 0 Å². The van der Waals surface area contributed by atoms with Crippen molar-refractivity contribution in [2.75, 3.05) is 5.32 Å². The van der Waals surface area contributed by atoms with E-state index in [0.29, 0.717) is 12.2 Å². The van der Waals surface area contributed by atoms with Crippen molar-refractivity contribution in [3.05, 3.63) is 59.7 Å². The second-order valence-corrected chi connectivity index (χ2v) is 4.63. The number of carbonyl (C=O) groups excluding carboxylic acids is 1. The number of hydrogen-bond acceptors (Lipinski definition) is 3. The molecule has 0 bridgehead atoms. The molecule has 0 aliphatic carbocycles. The van der Waals surface area contributed by atoms with Crippen molar-refractivity contribution in [2.24, 2.45) is 5.73 Å². The summed E-state index contributed by atoms with van der Waals surface area (Å²) in [6, 6.07) is 8.02. The summed E-state index contributed by atoms with van der Waals surface area (Å²) in [5.41, 5.74) is 7.47. The molecule has 2 heterocycles. The van der Waals surface area contributed by atoms with Crippen molar-refractivity contribution in [3.63, 3.8) is 0 Å². The molecule has 1 amide bonds. The highest BCUT2D eigenvalue weighted by molar-refractivity contribution is 5.94. The molecule has 0 fully saturated rings. The van der Waals surface area contributed by atoms with Gasteiger partial charge in [-0.1, -0.05) is 0 Å². The first-order valence-electron chi connectivity index (χ1n) is 6.39. The second kappa shape index (κ2) is 5.24. The number of H-pyrrole nitrogens is 1. The predicted molar refractivity (Wildman–Crippen MR) is 78.3 cm³/mol. The first-order chi connectivity index (χ1) is 10.1. The van der Waals surface area contributed by atoms with Crippen LogP contribution in [-0.4, -0.2) is 15.9 Å². The monoisotopic (exact) mass is 284 g/mol. The van der Waals surface area contributed by atoms with Crippen molar-refractivity contribution in [2.45, 2.75) is 6.54 Å². The number of fused-ring (bicyclic) bond motifs is 1. The van der Waals surface area contributed by atoms with E-state index in [-0.39, 0.29) is 5.56 Å². The normalized spacial score (nSPS) is 10.7. The number of primary amides is 1. The summed E-state index contributed by atoms with van der Waals surface area (Å²) in [6.07, 6.45) is 3.58. The van der Waals surface area contributed by atoms with Crippen LogP contribution < -0.4 is 11.1 Å². The smallest absolute Gasteiger partial charge is 0.251 e. The number of pyridine rings is 1. The van der Waals surface area contributed by atoms with Gasteiger partial charge >= 0.3 is 0 Å². The number of nitrogens with one attached hydrogen (secondary N) is 2. The first-order valence-corrected chi connectivity index (χ1v) is 6.39. The molecule has 21 heavy (non-hydrogen) atoms. The molecular weight excluding hydrogens is 271 g/mol. The van der Waals surface area contributed by atoms with Crippen molar-refractivity contribution >= 4 is 22.6 Å². The summed E-state index contributed by atoms with van der Waals surface area (Å²) in [4.78, 5) is 18.4. The zero-order valence-electron chi connectivity index (χ0n) is 11.1. The van der Waals surface area contributed by atoms with Gasteiger partial charge in [-0.05, 0) is 35.9 Å². The van der Waals surface area contributed by atoms with Crippen molar-refractivity contribution in [1.29, 1.82) is 0 Å². The Morgan fingerprint density at radius 1 is 1.38 bits per heavy atom. The molecule has 0 saturated heterocycles. The van der Waals surface area contributed by atoms with Gasteiger partial charge in [0.2, 0.25) is 0 Å². The van der Waals surface area contributed by atoms with Gasteiger partial charge in [-0.2, -0.15) is 0 Å². The molecule has 3 aromatic rings. The summed E-state index contributed by atoms with van der Waals surface area (Å²) in [5.74, 6) is -1.41. The van der Waals surface area contributed by atoms with Crippen LogP contribution in [0.5, 0.6) is 0 Å². The van der Waals surface area contributed by atoms with Crippen LogP contribution in [0.3, 0.4) is 0 Å². The van der Waals surface area contributed by atoms with E-state index in [1.54, 1.807) is 12.3 Å². The second-order valence-electron chi connectivity index (χ2n) is 4.63. The molecule has 5 nitrogen and oxygen atoms in total. The molecule has 2 aromatic heterocycles. The molecule has 0 atom stereocenters. The molecule has 0 aliphatic rings. The number of carbonyl (C=O) groups is 1. The minimum atomic E-state index is -0.785. The third-order valence-corrected chi connectivity index (χ3v) is 3.25. The highest BCUT2D eigenvalue weighted by Crippen LogP contribution is 2.19. The fraction of sp³-hybridized carbons (Fsp3) is 0.0667. The summed E-state index contributed by atoms with van der Waals surface area (Å²) in [7, 11) is 0. The number of hydrogen-bond donors (Lipinski definition) is 3. The molecule has 0 aliphatic heterocycles. The van der Waals surface area contributed by atoms with E-state index >= 15 is 0 Å². The molecule has 3 rings (SSSR count). The fourth-order valence-electron chi connectivity index (χ4n) is 2.18. The number of benzene rings is 1. The fourth-order valence-corrected chi connectivity index (χ4v) is 2.18. The van der Waals surface area contributed by atoms with Gasteiger partial charge in [0.25, 0.3) is 5.91 Å². The lowest BCUT2D eigenvalue weighted by Gasteiger charge is -2.07. The lowest BCUT2D eigenvalue weighted by Crippen LogP contribution is -2.13. The highest BCUT2D eigenvalue weighted by Gasteiger charge is 2.09. The van der Waals surface area contributed by atoms with E-state index < -0.39 is 11.7 Å². The van der Waals surface area contributed by atoms with Gasteiger partial charge < -0.3 is 16.0 Å². The van der Waals surface area contributed by atoms with Crippen LogP contribution in [-0.2, 0) is 6.54 Å². The van der Waals surface area contributed by atoms with E-state index in [2.05, 4.69) is 15.3 Å². The Bertz CT molecular complexity index is 812. The number of halogens is 1. The van der Waals surface area contributed by atoms with Crippen LogP contribution in [0.25, 0.3) is 11.0 Å². The average Bonchev–Trinajstić information content (AvgIpc) is 2.89. The van der Waals surface area contributed by atoms with Gasteiger partial charge in [-0.3, -0.25) is 4.79 Å². The van der Waals surface area contributed by atoms with Gasteiger partial charge in [0.1, 0.15) is 11.5 Å². The minimum Gasteiger partial charge on any atom is -0.381 e. The van der Waals surface area contributed by atoms with Crippen LogP contribution >= 0.6 is 0 Å². The summed E-state index contributed by atoms with van der Waals surface area (Å²) < 4.78 is 13.4. The van der Waals surface area contributed by atoms with Crippen LogP contribution in [0.2, 0.25) is 0 Å². The zero-order chi connectivity index (χ0) is 14.8. The van der Waals surface area contributed by atoms with Crippen LogP contribution in [0.4, 0.5) is 10.1 Å². The number of nitrogens with two attached hydrogens (primary N) is 1. The number of aromatic nitrogens is 2. The molecule has 0 saturated carbocycles. The lowest BCUT2D eigenvalue weighted by atomic mass is 10.1. The molecule has 1 aromatic carbocycles. The number of rotatable bonds is 4. The van der Waals surface area contributed by atoms with E-state index in [0.717, 1.165) is 16.6 Å². The summed E-state index contributed by atoms with van der Waals surface area (Å²) >= 11 is 0. The van der Waals surface area contributed by atoms with Gasteiger partial charge in [-0.15, -0.1) is 0 Å². The van der Waals surface area contributed by atoms with Crippen LogP contribution in [0.15, 0.2) is 42.7 Å². The maximum Gasteiger partial charge on any atom is 0.251 e. The standard InChI is InChI=1S/C15H13FN4O/c16-13-4-3-10(6-12(13)14(17)21)19-7-9-8-20-15-11(9)2-1-5-18-15/h1-6,8,19H,7H2,(H2,17,21)(H,18,20). The Kier molecular flexibility index (Phi) is 3.27. The number of amides is 1. The van der Waals surface area contributed by atoms with Crippen molar-refractivity contribution in [1.82, 2.24) is 9.97 Å². The third-order valence-electron chi connectivity index (χ3n) is 3.25. The molecule has 0 spiro atoms. The van der Waals surface area contributed by atoms with Gasteiger partial charge in [0, 0.05) is 30.0 Å². The highest BCUT2D eigenvalue weighted by atomic mass is 19.1. The molecule has 4 N–H and O–H groups in total. The van der Waals surface area contributed by atoms with Crippen LogP contribution in [0, 0.1) is 5.82 Å². The first kappa shape index (κ1) is 13.1. The molecule has 0 unspecified atom stereocenters. The Morgan fingerprint density at radius 3 is 3.05 bits per heavy atom. The Morgan fingerprint density at radius 2 is 2.24 bits per heavy atom. The predicted octanol–water partition coefficient (Wildman–Crippen LogP) is 2.41. The van der Waals surface area contributed by atoms with E-state index in [4.69, 9.17) is 5.73 Å². The van der Waals surface area contributed by atoms with Crippen molar-refractivity contribution < 1.29 is 9.18 Å². The number of nitrogens with zero attached hydrogens (tertiary/aromatic N) is 1. The quantitative estimate of drug-likeness (QED) is 0.688. The maximum absolute atomic E-state index is 13.4. The topological polar surface area (TPSA) is 83.8 Å². The minimum absolute atomic E-state index is 0.124. The Hall–Kier alpha value is -2.89.